The van der Waals surface area contributed by atoms with Crippen LogP contribution in [-0.2, 0) is 11.3 Å². The number of amides is 1. The van der Waals surface area contributed by atoms with Gasteiger partial charge in [0.25, 0.3) is 5.91 Å². The Bertz CT molecular complexity index is 955. The van der Waals surface area contributed by atoms with E-state index in [1.807, 2.05) is 23.9 Å². The summed E-state index contributed by atoms with van der Waals surface area (Å²) in [7, 11) is 0. The summed E-state index contributed by atoms with van der Waals surface area (Å²) >= 11 is 9.22. The molecule has 2 bridgehead atoms. The highest BCUT2D eigenvalue weighted by atomic mass is 35.5. The fourth-order valence-corrected chi connectivity index (χ4v) is 8.60. The minimum Gasteiger partial charge on any atom is -0.293 e. The first-order valence-electron chi connectivity index (χ1n) is 9.22. The number of hydrogen-bond donors (Lipinski definition) is 2. The molecule has 1 amide bonds. The molecule has 27 heavy (non-hydrogen) atoms. The minimum absolute atomic E-state index is 0.0208. The van der Waals surface area contributed by atoms with Crippen LogP contribution in [0.25, 0.3) is 0 Å². The number of nitrogens with zero attached hydrogens (tertiary/aromatic N) is 1. The van der Waals surface area contributed by atoms with Crippen LogP contribution in [0.5, 0.6) is 0 Å². The van der Waals surface area contributed by atoms with E-state index >= 15 is 0 Å². The van der Waals surface area contributed by atoms with Crippen LogP contribution in [0.15, 0.2) is 34.1 Å². The average Bonchev–Trinajstić information content (AvgIpc) is 3.35. The largest absolute Gasteiger partial charge is 0.308 e. The molecule has 8 heteroatoms. The Morgan fingerprint density at radius 1 is 1.26 bits per heavy atom. The maximum Gasteiger partial charge on any atom is 0.308 e. The zero-order valence-electron chi connectivity index (χ0n) is 14.6. The van der Waals surface area contributed by atoms with Crippen molar-refractivity contribution in [2.45, 2.75) is 42.0 Å². The second-order valence-electron chi connectivity index (χ2n) is 7.71. The van der Waals surface area contributed by atoms with Crippen molar-refractivity contribution >= 4 is 40.6 Å². The Hall–Kier alpha value is -1.28. The second-order valence-corrected chi connectivity index (χ2v) is 10.3. The summed E-state index contributed by atoms with van der Waals surface area (Å²) in [5, 5.41) is 2.19. The second kappa shape index (κ2) is 6.65. The molecule has 5 nitrogen and oxygen atoms in total. The molecular weight excluding hydrogens is 402 g/mol. The van der Waals surface area contributed by atoms with Gasteiger partial charge in [0.1, 0.15) is 6.54 Å². The number of nitrogens with one attached hydrogen (secondary N) is 1. The third kappa shape index (κ3) is 2.78. The molecule has 2 fully saturated rings. The van der Waals surface area contributed by atoms with Crippen molar-refractivity contribution in [3.63, 3.8) is 0 Å². The number of fused-ring (bicyclic) bond motifs is 6. The third-order valence-corrected chi connectivity index (χ3v) is 9.46. The van der Waals surface area contributed by atoms with E-state index in [4.69, 9.17) is 17.4 Å². The van der Waals surface area contributed by atoms with Gasteiger partial charge in [0, 0.05) is 21.1 Å². The summed E-state index contributed by atoms with van der Waals surface area (Å²) in [4.78, 5) is 25.6. The van der Waals surface area contributed by atoms with E-state index < -0.39 is 0 Å². The van der Waals surface area contributed by atoms with Crippen LogP contribution >= 0.6 is 34.7 Å². The van der Waals surface area contributed by atoms with Crippen molar-refractivity contribution in [2.75, 3.05) is 0 Å². The van der Waals surface area contributed by atoms with Gasteiger partial charge in [-0.05, 0) is 54.7 Å². The van der Waals surface area contributed by atoms with Gasteiger partial charge in [0.15, 0.2) is 0 Å². The van der Waals surface area contributed by atoms with Crippen molar-refractivity contribution in [1.82, 2.24) is 9.99 Å². The van der Waals surface area contributed by atoms with Crippen LogP contribution in [0, 0.1) is 17.8 Å². The summed E-state index contributed by atoms with van der Waals surface area (Å²) in [6.45, 7) is -0.0208. The van der Waals surface area contributed by atoms with Crippen LogP contribution in [0.1, 0.15) is 35.6 Å². The van der Waals surface area contributed by atoms with Crippen molar-refractivity contribution in [2.24, 2.45) is 23.6 Å². The molecule has 0 saturated heterocycles. The number of rotatable bonds is 3. The Kier molecular flexibility index (Phi) is 4.39. The molecule has 0 unspecified atom stereocenters. The monoisotopic (exact) mass is 421 g/mol. The normalized spacial score (nSPS) is 30.8. The van der Waals surface area contributed by atoms with Gasteiger partial charge in [0.2, 0.25) is 0 Å². The lowest BCUT2D eigenvalue weighted by Gasteiger charge is -2.40. The van der Waals surface area contributed by atoms with E-state index in [0.29, 0.717) is 17.1 Å². The van der Waals surface area contributed by atoms with Crippen LogP contribution in [0.3, 0.4) is 0 Å². The third-order valence-electron chi connectivity index (χ3n) is 6.38. The molecule has 1 aromatic heterocycles. The highest BCUT2D eigenvalue weighted by molar-refractivity contribution is 8.00. The first kappa shape index (κ1) is 17.8. The summed E-state index contributed by atoms with van der Waals surface area (Å²) in [5.74, 6) is 7.09. The minimum atomic E-state index is -0.351. The Labute approximate surface area is 170 Å². The molecule has 2 aliphatic carbocycles. The van der Waals surface area contributed by atoms with E-state index in [-0.39, 0.29) is 23.2 Å². The van der Waals surface area contributed by atoms with Crippen LogP contribution in [-0.4, -0.2) is 15.7 Å². The lowest BCUT2D eigenvalue weighted by atomic mass is 9.75. The van der Waals surface area contributed by atoms with Gasteiger partial charge in [-0.3, -0.25) is 19.6 Å². The molecular formula is C19H20ClN3O2S2. The van der Waals surface area contributed by atoms with Crippen LogP contribution in [0.4, 0.5) is 0 Å². The Morgan fingerprint density at radius 2 is 2.00 bits per heavy atom. The van der Waals surface area contributed by atoms with E-state index in [9.17, 15) is 9.59 Å². The first-order valence-corrected chi connectivity index (χ1v) is 11.3. The molecule has 142 valence electrons. The topological polar surface area (TPSA) is 77.1 Å². The van der Waals surface area contributed by atoms with Gasteiger partial charge in [0.05, 0.1) is 5.03 Å². The molecule has 0 radical (unpaired) electrons. The number of hydrogen-bond acceptors (Lipinski definition) is 5. The molecule has 1 aliphatic heterocycles. The van der Waals surface area contributed by atoms with Gasteiger partial charge in [-0.2, -0.15) is 0 Å². The van der Waals surface area contributed by atoms with Crippen molar-refractivity contribution in [3.8, 4) is 0 Å². The van der Waals surface area contributed by atoms with Crippen LogP contribution in [0.2, 0.25) is 5.02 Å². The van der Waals surface area contributed by atoms with Crippen LogP contribution < -0.4 is 16.1 Å². The summed E-state index contributed by atoms with van der Waals surface area (Å²) in [5.41, 5.74) is 3.36. The predicted octanol–water partition coefficient (Wildman–Crippen LogP) is 3.21. The van der Waals surface area contributed by atoms with Crippen molar-refractivity contribution in [3.05, 3.63) is 49.4 Å². The van der Waals surface area contributed by atoms with E-state index in [2.05, 4.69) is 17.6 Å². The standard InChI is InChI=1S/C19H20ClN3O2S2/c20-12-5-3-9(4-6-12)14-15-10-1-2-11(7-10)16(15)26-18-17(14)27-19(25)23(18)8-13(24)22-21/h3-6,10-11,14-16H,1-2,7-8,21H2,(H,22,24)/t10-,11-,14-,15-,16+/m1/s1. The number of aromatic nitrogens is 1. The lowest BCUT2D eigenvalue weighted by molar-refractivity contribution is -0.121. The van der Waals surface area contributed by atoms with Gasteiger partial charge >= 0.3 is 4.87 Å². The Morgan fingerprint density at radius 3 is 2.74 bits per heavy atom. The molecule has 3 aliphatic rings. The number of carbonyl (C=O) groups is 1. The van der Waals surface area contributed by atoms with E-state index in [1.165, 1.54) is 36.2 Å². The number of benzene rings is 1. The van der Waals surface area contributed by atoms with Crippen molar-refractivity contribution < 1.29 is 4.79 Å². The molecule has 1 aromatic carbocycles. The number of carbonyl (C=O) groups excluding carboxylic acids is 1. The molecule has 5 rings (SSSR count). The van der Waals surface area contributed by atoms with Gasteiger partial charge < -0.3 is 0 Å². The van der Waals surface area contributed by atoms with Gasteiger partial charge in [-0.25, -0.2) is 5.84 Å². The smallest absolute Gasteiger partial charge is 0.293 e. The van der Waals surface area contributed by atoms with E-state index in [1.54, 1.807) is 4.57 Å². The quantitative estimate of drug-likeness (QED) is 0.453. The summed E-state index contributed by atoms with van der Waals surface area (Å²) in [6, 6.07) is 8.05. The van der Waals surface area contributed by atoms with E-state index in [0.717, 1.165) is 20.8 Å². The lowest BCUT2D eigenvalue weighted by Crippen LogP contribution is -2.37. The molecule has 2 saturated carbocycles. The van der Waals surface area contributed by atoms with Gasteiger partial charge in [-0.1, -0.05) is 35.1 Å². The fraction of sp³-hybridized carbons (Fsp3) is 0.474. The zero-order chi connectivity index (χ0) is 18.7. The fourth-order valence-electron chi connectivity index (χ4n) is 5.32. The maximum absolute atomic E-state index is 12.7. The number of hydrazine groups is 1. The Balaban J connectivity index is 1.65. The first-order chi connectivity index (χ1) is 13.1. The highest BCUT2D eigenvalue weighted by Crippen LogP contribution is 2.63. The summed E-state index contributed by atoms with van der Waals surface area (Å²) < 4.78 is 1.61. The molecule has 2 aromatic rings. The molecule has 3 N–H and O–H groups in total. The number of halogens is 1. The highest BCUT2D eigenvalue weighted by Gasteiger charge is 2.55. The SMILES string of the molecule is NNC(=O)Cn1c2c(sc1=O)[C@H](c1ccc(Cl)cc1)[C@H]1[C@@H]3CC[C@H](C3)[C@@H]1S2. The summed E-state index contributed by atoms with van der Waals surface area (Å²) in [6.07, 6.45) is 3.85. The number of nitrogens with two attached hydrogens (primary N) is 1. The van der Waals surface area contributed by atoms with Gasteiger partial charge in [-0.15, -0.1) is 11.8 Å². The average molecular weight is 422 g/mol. The maximum atomic E-state index is 12.7. The molecule has 5 atom stereocenters. The predicted molar refractivity (Wildman–Crippen MR) is 108 cm³/mol. The van der Waals surface area contributed by atoms with Crippen molar-refractivity contribution in [1.29, 1.82) is 0 Å². The zero-order valence-corrected chi connectivity index (χ0v) is 16.9. The number of thioether (sulfide) groups is 1. The number of thiazole rings is 1. The molecule has 0 spiro atoms. The molecule has 2 heterocycles.